The number of benzene rings is 1. The summed E-state index contributed by atoms with van der Waals surface area (Å²) in [5.41, 5.74) is -0.647. The molecule has 4 heteroatoms. The van der Waals surface area contributed by atoms with E-state index in [-0.39, 0.29) is 3.57 Å². The molecule has 0 aliphatic heterocycles. The van der Waals surface area contributed by atoms with Gasteiger partial charge in [0.25, 0.3) is 0 Å². The van der Waals surface area contributed by atoms with E-state index in [0.29, 0.717) is 5.56 Å². The van der Waals surface area contributed by atoms with Gasteiger partial charge >= 0.3 is 6.18 Å². The fourth-order valence-electron chi connectivity index (χ4n) is 1.44. The quantitative estimate of drug-likeness (QED) is 0.610. The molecule has 0 aliphatic rings. The van der Waals surface area contributed by atoms with E-state index in [0.717, 1.165) is 0 Å². The Balaban J connectivity index is 3.48. The molecule has 1 aromatic rings. The van der Waals surface area contributed by atoms with Crippen LogP contribution < -0.4 is 0 Å². The summed E-state index contributed by atoms with van der Waals surface area (Å²) in [7, 11) is 0. The van der Waals surface area contributed by atoms with Gasteiger partial charge in [-0.2, -0.15) is 13.2 Å². The van der Waals surface area contributed by atoms with E-state index in [9.17, 15) is 13.2 Å². The maximum atomic E-state index is 12.8. The van der Waals surface area contributed by atoms with Crippen LogP contribution in [0.4, 0.5) is 13.2 Å². The van der Waals surface area contributed by atoms with E-state index < -0.39 is 17.2 Å². The molecule has 0 bridgehead atoms. The Kier molecular flexibility index (Phi) is 3.38. The molecule has 0 fully saturated rings. The van der Waals surface area contributed by atoms with Crippen LogP contribution in [0.25, 0.3) is 0 Å². The van der Waals surface area contributed by atoms with Crippen molar-refractivity contribution in [1.29, 1.82) is 0 Å². The first-order chi connectivity index (χ1) is 6.64. The van der Waals surface area contributed by atoms with Crippen LogP contribution in [-0.4, -0.2) is 0 Å². The van der Waals surface area contributed by atoms with Gasteiger partial charge in [0.2, 0.25) is 0 Å². The third-order valence-electron chi connectivity index (χ3n) is 2.11. The summed E-state index contributed by atoms with van der Waals surface area (Å²) in [5, 5.41) is 0. The van der Waals surface area contributed by atoms with Crippen LogP contribution in [0.15, 0.2) is 18.2 Å². The van der Waals surface area contributed by atoms with Crippen molar-refractivity contribution < 1.29 is 13.2 Å². The summed E-state index contributed by atoms with van der Waals surface area (Å²) in [5.74, 6) is 0. The lowest BCUT2D eigenvalue weighted by Gasteiger charge is -2.24. The molecule has 0 spiro atoms. The van der Waals surface area contributed by atoms with Crippen LogP contribution in [0.3, 0.4) is 0 Å². The van der Waals surface area contributed by atoms with E-state index in [2.05, 4.69) is 0 Å². The lowest BCUT2D eigenvalue weighted by molar-refractivity contribution is -0.139. The van der Waals surface area contributed by atoms with Gasteiger partial charge in [0, 0.05) is 3.57 Å². The van der Waals surface area contributed by atoms with Gasteiger partial charge in [-0.15, -0.1) is 0 Å². The lowest BCUT2D eigenvalue weighted by Crippen LogP contribution is -2.20. The van der Waals surface area contributed by atoms with Gasteiger partial charge in [-0.3, -0.25) is 0 Å². The Morgan fingerprint density at radius 3 is 1.93 bits per heavy atom. The predicted molar refractivity (Wildman–Crippen MR) is 62.9 cm³/mol. The average molecular weight is 328 g/mol. The smallest absolute Gasteiger partial charge is 0.166 e. The van der Waals surface area contributed by atoms with Crippen LogP contribution >= 0.6 is 22.6 Å². The minimum atomic E-state index is -4.28. The molecule has 0 N–H and O–H groups in total. The van der Waals surface area contributed by atoms with Gasteiger partial charge in [0.1, 0.15) is 0 Å². The first-order valence-corrected chi connectivity index (χ1v) is 5.58. The number of alkyl halides is 3. The Morgan fingerprint density at radius 1 is 1.07 bits per heavy atom. The van der Waals surface area contributed by atoms with Crippen molar-refractivity contribution in [2.24, 2.45) is 0 Å². The molecule has 84 valence electrons. The summed E-state index contributed by atoms with van der Waals surface area (Å²) in [6.07, 6.45) is -4.28. The molecule has 0 unspecified atom stereocenters. The molecule has 0 heterocycles. The van der Waals surface area contributed by atoms with Gasteiger partial charge in [0.15, 0.2) is 0 Å². The SMILES string of the molecule is CC(C)(C)c1cccc(I)c1C(F)(F)F. The molecule has 0 radical (unpaired) electrons. The molecule has 0 saturated carbocycles. The molecule has 1 aromatic carbocycles. The van der Waals surface area contributed by atoms with Gasteiger partial charge in [0.05, 0.1) is 5.56 Å². The van der Waals surface area contributed by atoms with Gasteiger partial charge in [-0.1, -0.05) is 32.9 Å². The van der Waals surface area contributed by atoms with Crippen LogP contribution in [0.2, 0.25) is 0 Å². The number of hydrogen-bond acceptors (Lipinski definition) is 0. The number of hydrogen-bond donors (Lipinski definition) is 0. The zero-order chi connectivity index (χ0) is 11.9. The highest BCUT2D eigenvalue weighted by molar-refractivity contribution is 14.1. The summed E-state index contributed by atoms with van der Waals surface area (Å²) in [6, 6.07) is 4.70. The topological polar surface area (TPSA) is 0 Å². The summed E-state index contributed by atoms with van der Waals surface area (Å²) in [6.45, 7) is 5.36. The standard InChI is InChI=1S/C11H12F3I/c1-10(2,3)7-5-4-6-8(15)9(7)11(12,13)14/h4-6H,1-3H3. The average Bonchev–Trinajstić information content (AvgIpc) is 1.99. The molecule has 0 atom stereocenters. The van der Waals surface area contributed by atoms with Gasteiger partial charge < -0.3 is 0 Å². The lowest BCUT2D eigenvalue weighted by atomic mass is 9.83. The predicted octanol–water partition coefficient (Wildman–Crippen LogP) is 4.61. The number of halogens is 4. The molecule has 1 rings (SSSR count). The second kappa shape index (κ2) is 3.96. The third-order valence-corrected chi connectivity index (χ3v) is 3.00. The fourth-order valence-corrected chi connectivity index (χ4v) is 2.24. The van der Waals surface area contributed by atoms with Crippen LogP contribution in [0.5, 0.6) is 0 Å². The molecular formula is C11H12F3I. The maximum absolute atomic E-state index is 12.8. The monoisotopic (exact) mass is 328 g/mol. The van der Waals surface area contributed by atoms with Crippen molar-refractivity contribution in [3.05, 3.63) is 32.9 Å². The first kappa shape index (κ1) is 12.8. The molecule has 15 heavy (non-hydrogen) atoms. The molecule has 0 nitrogen and oxygen atoms in total. The summed E-state index contributed by atoms with van der Waals surface area (Å²) in [4.78, 5) is 0. The zero-order valence-electron chi connectivity index (χ0n) is 8.74. The fraction of sp³-hybridized carbons (Fsp3) is 0.455. The molecule has 0 saturated heterocycles. The second-order valence-corrected chi connectivity index (χ2v) is 5.57. The maximum Gasteiger partial charge on any atom is 0.417 e. The van der Waals surface area contributed by atoms with Crippen molar-refractivity contribution in [2.75, 3.05) is 0 Å². The van der Waals surface area contributed by atoms with Crippen molar-refractivity contribution in [2.45, 2.75) is 32.4 Å². The molecular weight excluding hydrogens is 316 g/mol. The first-order valence-electron chi connectivity index (χ1n) is 4.50. The Morgan fingerprint density at radius 2 is 1.60 bits per heavy atom. The van der Waals surface area contributed by atoms with Crippen LogP contribution in [-0.2, 0) is 11.6 Å². The van der Waals surface area contributed by atoms with Gasteiger partial charge in [-0.25, -0.2) is 0 Å². The van der Waals surface area contributed by atoms with Crippen molar-refractivity contribution >= 4 is 22.6 Å². The van der Waals surface area contributed by atoms with Crippen LogP contribution in [0.1, 0.15) is 31.9 Å². The third kappa shape index (κ3) is 2.86. The Hall–Kier alpha value is -0.260. The van der Waals surface area contributed by atoms with Crippen molar-refractivity contribution in [3.8, 4) is 0 Å². The normalized spacial score (nSPS) is 13.0. The summed E-state index contributed by atoms with van der Waals surface area (Å²) >= 11 is 1.73. The van der Waals surface area contributed by atoms with Crippen LogP contribution in [0, 0.1) is 3.57 Å². The van der Waals surface area contributed by atoms with E-state index >= 15 is 0 Å². The highest BCUT2D eigenvalue weighted by Gasteiger charge is 2.38. The number of rotatable bonds is 0. The second-order valence-electron chi connectivity index (χ2n) is 4.41. The van der Waals surface area contributed by atoms with Crippen molar-refractivity contribution in [3.63, 3.8) is 0 Å². The Bertz CT molecular complexity index is 361. The molecule has 0 amide bonds. The Labute approximate surface area is 101 Å². The minimum absolute atomic E-state index is 0.257. The highest BCUT2D eigenvalue weighted by atomic mass is 127. The largest absolute Gasteiger partial charge is 0.417 e. The highest BCUT2D eigenvalue weighted by Crippen LogP contribution is 2.39. The minimum Gasteiger partial charge on any atom is -0.166 e. The van der Waals surface area contributed by atoms with Crippen molar-refractivity contribution in [1.82, 2.24) is 0 Å². The zero-order valence-corrected chi connectivity index (χ0v) is 10.9. The van der Waals surface area contributed by atoms with E-state index in [4.69, 9.17) is 0 Å². The summed E-state index contributed by atoms with van der Waals surface area (Å²) < 4.78 is 38.8. The van der Waals surface area contributed by atoms with E-state index in [1.807, 2.05) is 0 Å². The molecule has 0 aromatic heterocycles. The van der Waals surface area contributed by atoms with Gasteiger partial charge in [-0.05, 0) is 39.6 Å². The molecule has 0 aliphatic carbocycles. The van der Waals surface area contributed by atoms with E-state index in [1.165, 1.54) is 6.07 Å². The van der Waals surface area contributed by atoms with E-state index in [1.54, 1.807) is 55.5 Å².